The minimum Gasteiger partial charge on any atom is -0.493 e. The molecule has 168 valence electrons. The highest BCUT2D eigenvalue weighted by Crippen LogP contribution is 2.52. The lowest BCUT2D eigenvalue weighted by atomic mass is 9.90. The van der Waals surface area contributed by atoms with Crippen LogP contribution in [0.2, 0.25) is 0 Å². The van der Waals surface area contributed by atoms with Gasteiger partial charge in [-0.2, -0.15) is 5.10 Å². The van der Waals surface area contributed by atoms with E-state index in [9.17, 15) is 4.79 Å². The number of methoxy groups -OCH3 is 1. The number of ether oxygens (including phenoxy) is 3. The molecule has 3 aliphatic heterocycles. The Kier molecular flexibility index (Phi) is 5.19. The van der Waals surface area contributed by atoms with Crippen LogP contribution in [0.3, 0.4) is 0 Å². The van der Waals surface area contributed by atoms with Gasteiger partial charge >= 0.3 is 6.09 Å². The molecule has 2 aromatic rings. The smallest absolute Gasteiger partial charge is 0.409 e. The molecule has 0 saturated carbocycles. The summed E-state index contributed by atoms with van der Waals surface area (Å²) in [6.45, 7) is 5.41. The van der Waals surface area contributed by atoms with E-state index < -0.39 is 5.72 Å². The number of amides is 1. The van der Waals surface area contributed by atoms with Gasteiger partial charge in [0.25, 0.3) is 0 Å². The molecule has 3 aliphatic rings. The van der Waals surface area contributed by atoms with Crippen molar-refractivity contribution < 1.29 is 19.0 Å². The van der Waals surface area contributed by atoms with E-state index in [-0.39, 0.29) is 12.1 Å². The van der Waals surface area contributed by atoms with E-state index in [2.05, 4.69) is 42.3 Å². The average molecular weight is 436 g/mol. The molecule has 3 heterocycles. The van der Waals surface area contributed by atoms with Gasteiger partial charge in [0.1, 0.15) is 0 Å². The summed E-state index contributed by atoms with van der Waals surface area (Å²) >= 11 is 0. The van der Waals surface area contributed by atoms with Crippen LogP contribution in [0, 0.1) is 6.92 Å². The first-order chi connectivity index (χ1) is 15.5. The number of carbonyl (C=O) groups excluding carboxylic acids is 1. The number of hydrogen-bond donors (Lipinski definition) is 0. The molecule has 1 fully saturated rings. The Labute approximate surface area is 188 Å². The van der Waals surface area contributed by atoms with Crippen LogP contribution < -0.4 is 9.47 Å². The molecule has 0 bridgehead atoms. The molecule has 5 rings (SSSR count). The zero-order valence-electron chi connectivity index (χ0n) is 18.8. The van der Waals surface area contributed by atoms with Crippen LogP contribution >= 0.6 is 0 Å². The molecule has 0 unspecified atom stereocenters. The standard InChI is InChI=1S/C25H29N3O4/c1-4-31-24(29)27-14-12-25(13-15-27)28-21(19-6-5-7-22(30-3)23(19)32-25)16-20(26-28)18-10-8-17(2)9-11-18/h5-11,21H,4,12-16H2,1-3H3/t21-/m0/s1. The summed E-state index contributed by atoms with van der Waals surface area (Å²) in [6, 6.07) is 14.6. The molecular weight excluding hydrogens is 406 g/mol. The molecule has 7 nitrogen and oxygen atoms in total. The minimum atomic E-state index is -0.623. The normalized spacial score (nSPS) is 20.8. The molecule has 1 atom stereocenters. The molecule has 1 saturated heterocycles. The number of nitrogens with zero attached hydrogens (tertiary/aromatic N) is 3. The number of hydrogen-bond acceptors (Lipinski definition) is 6. The predicted molar refractivity (Wildman–Crippen MR) is 121 cm³/mol. The third kappa shape index (κ3) is 3.36. The Morgan fingerprint density at radius 2 is 1.94 bits per heavy atom. The first-order valence-electron chi connectivity index (χ1n) is 11.3. The van der Waals surface area contributed by atoms with Crippen LogP contribution in [-0.2, 0) is 4.74 Å². The van der Waals surface area contributed by atoms with Gasteiger partial charge in [-0.15, -0.1) is 0 Å². The fourth-order valence-electron chi connectivity index (χ4n) is 4.94. The van der Waals surface area contributed by atoms with E-state index in [1.165, 1.54) is 5.56 Å². The topological polar surface area (TPSA) is 63.6 Å². The number of hydrazone groups is 1. The van der Waals surface area contributed by atoms with Gasteiger partial charge in [-0.1, -0.05) is 42.0 Å². The number of para-hydroxylation sites is 1. The second kappa shape index (κ2) is 8.04. The van der Waals surface area contributed by atoms with Crippen LogP contribution in [0.1, 0.15) is 48.9 Å². The third-order valence-electron chi connectivity index (χ3n) is 6.66. The van der Waals surface area contributed by atoms with Crippen molar-refractivity contribution in [3.63, 3.8) is 0 Å². The monoisotopic (exact) mass is 435 g/mol. The van der Waals surface area contributed by atoms with Gasteiger partial charge in [-0.05, 0) is 25.5 Å². The molecule has 7 heteroatoms. The summed E-state index contributed by atoms with van der Waals surface area (Å²) in [6.07, 6.45) is 1.82. The second-order valence-electron chi connectivity index (χ2n) is 8.59. The van der Waals surface area contributed by atoms with Gasteiger partial charge in [0.05, 0.1) is 25.5 Å². The number of piperidine rings is 1. The van der Waals surface area contributed by atoms with Crippen molar-refractivity contribution in [3.05, 3.63) is 59.2 Å². The van der Waals surface area contributed by atoms with Crippen LogP contribution in [0.5, 0.6) is 11.5 Å². The van der Waals surface area contributed by atoms with Crippen LogP contribution in [0.4, 0.5) is 4.79 Å². The van der Waals surface area contributed by atoms with Gasteiger partial charge in [0, 0.05) is 37.9 Å². The van der Waals surface area contributed by atoms with Gasteiger partial charge in [0.15, 0.2) is 11.5 Å². The fourth-order valence-corrected chi connectivity index (χ4v) is 4.94. The average Bonchev–Trinajstić information content (AvgIpc) is 3.27. The molecule has 1 spiro atoms. The molecular formula is C25H29N3O4. The second-order valence-corrected chi connectivity index (χ2v) is 8.59. The molecule has 0 aromatic heterocycles. The highest BCUT2D eigenvalue weighted by Gasteiger charge is 2.53. The third-order valence-corrected chi connectivity index (χ3v) is 6.66. The van der Waals surface area contributed by atoms with Crippen LogP contribution in [0.25, 0.3) is 0 Å². The zero-order chi connectivity index (χ0) is 22.3. The number of aryl methyl sites for hydroxylation is 1. The lowest BCUT2D eigenvalue weighted by Gasteiger charge is -2.51. The van der Waals surface area contributed by atoms with Crippen LogP contribution in [0.15, 0.2) is 47.6 Å². The fraction of sp³-hybridized carbons (Fsp3) is 0.440. The summed E-state index contributed by atoms with van der Waals surface area (Å²) in [5, 5.41) is 7.24. The van der Waals surface area contributed by atoms with E-state index in [1.54, 1.807) is 12.0 Å². The first-order valence-corrected chi connectivity index (χ1v) is 11.3. The Morgan fingerprint density at radius 3 is 2.62 bits per heavy atom. The zero-order valence-corrected chi connectivity index (χ0v) is 18.8. The Balaban J connectivity index is 1.51. The number of likely N-dealkylation sites (tertiary alicyclic amines) is 1. The Hall–Kier alpha value is -3.22. The lowest BCUT2D eigenvalue weighted by Crippen LogP contribution is -2.59. The summed E-state index contributed by atoms with van der Waals surface area (Å²) in [7, 11) is 1.67. The van der Waals surface area contributed by atoms with E-state index in [1.807, 2.05) is 19.1 Å². The Morgan fingerprint density at radius 1 is 1.19 bits per heavy atom. The molecule has 0 N–H and O–H groups in total. The van der Waals surface area contributed by atoms with Crippen LogP contribution in [-0.4, -0.2) is 54.2 Å². The molecule has 32 heavy (non-hydrogen) atoms. The van der Waals surface area contributed by atoms with E-state index in [0.717, 1.165) is 34.8 Å². The first kappa shape index (κ1) is 20.7. The summed E-state index contributed by atoms with van der Waals surface area (Å²) in [4.78, 5) is 14.0. The van der Waals surface area contributed by atoms with E-state index in [4.69, 9.17) is 19.3 Å². The quantitative estimate of drug-likeness (QED) is 0.711. The highest BCUT2D eigenvalue weighted by atomic mass is 16.6. The van der Waals surface area contributed by atoms with Crippen molar-refractivity contribution in [1.82, 2.24) is 9.91 Å². The minimum absolute atomic E-state index is 0.0688. The van der Waals surface area contributed by atoms with Crippen molar-refractivity contribution in [2.75, 3.05) is 26.8 Å². The maximum atomic E-state index is 12.3. The maximum absolute atomic E-state index is 12.3. The van der Waals surface area contributed by atoms with Crippen molar-refractivity contribution in [3.8, 4) is 11.5 Å². The number of benzene rings is 2. The predicted octanol–water partition coefficient (Wildman–Crippen LogP) is 4.50. The van der Waals surface area contributed by atoms with E-state index >= 15 is 0 Å². The summed E-state index contributed by atoms with van der Waals surface area (Å²) < 4.78 is 17.6. The van der Waals surface area contributed by atoms with Gasteiger partial charge in [-0.3, -0.25) is 0 Å². The lowest BCUT2D eigenvalue weighted by molar-refractivity contribution is -0.148. The molecule has 1 amide bonds. The molecule has 0 radical (unpaired) electrons. The van der Waals surface area contributed by atoms with Crippen molar-refractivity contribution in [2.24, 2.45) is 5.10 Å². The largest absolute Gasteiger partial charge is 0.493 e. The van der Waals surface area contributed by atoms with Gasteiger partial charge in [0.2, 0.25) is 5.72 Å². The van der Waals surface area contributed by atoms with Gasteiger partial charge < -0.3 is 19.1 Å². The SMILES string of the molecule is CCOC(=O)N1CCC2(CC1)Oc1c(OC)cccc1[C@@H]1CC(c3ccc(C)cc3)=NN12. The van der Waals surface area contributed by atoms with Gasteiger partial charge in [-0.25, -0.2) is 9.80 Å². The maximum Gasteiger partial charge on any atom is 0.409 e. The molecule has 0 aliphatic carbocycles. The highest BCUT2D eigenvalue weighted by molar-refractivity contribution is 6.02. The number of fused-ring (bicyclic) bond motifs is 4. The van der Waals surface area contributed by atoms with E-state index in [0.29, 0.717) is 32.5 Å². The Bertz CT molecular complexity index is 1040. The number of carbonyl (C=O) groups is 1. The summed E-state index contributed by atoms with van der Waals surface area (Å²) in [5.74, 6) is 1.53. The summed E-state index contributed by atoms with van der Waals surface area (Å²) in [5.41, 5.74) is 3.89. The number of rotatable bonds is 3. The molecule has 2 aromatic carbocycles. The van der Waals surface area contributed by atoms with Crippen molar-refractivity contribution in [2.45, 2.75) is 44.9 Å². The van der Waals surface area contributed by atoms with Crippen molar-refractivity contribution in [1.29, 1.82) is 0 Å². The van der Waals surface area contributed by atoms with Crippen molar-refractivity contribution >= 4 is 11.8 Å².